The standard InChI is InChI=1S/C16H31N3/c1-3-17-10-14-7-8-16(14)19-12-15-6-4-5-9-18(15)11-13(19)2/h13-17H,3-12H2,1-2H3. The summed E-state index contributed by atoms with van der Waals surface area (Å²) in [5.41, 5.74) is 0. The first kappa shape index (κ1) is 13.8. The number of hydrogen-bond acceptors (Lipinski definition) is 3. The normalized spacial score (nSPS) is 40.7. The monoisotopic (exact) mass is 265 g/mol. The van der Waals surface area contributed by atoms with Gasteiger partial charge in [0, 0.05) is 31.2 Å². The van der Waals surface area contributed by atoms with E-state index in [9.17, 15) is 0 Å². The molecule has 0 aromatic carbocycles. The first-order chi connectivity index (χ1) is 9.29. The van der Waals surface area contributed by atoms with Gasteiger partial charge in [0.05, 0.1) is 0 Å². The molecule has 3 nitrogen and oxygen atoms in total. The molecule has 0 spiro atoms. The van der Waals surface area contributed by atoms with Crippen LogP contribution in [0.25, 0.3) is 0 Å². The summed E-state index contributed by atoms with van der Waals surface area (Å²) >= 11 is 0. The number of hydrogen-bond donors (Lipinski definition) is 1. The molecule has 1 N–H and O–H groups in total. The first-order valence-electron chi connectivity index (χ1n) is 8.50. The molecule has 110 valence electrons. The molecule has 0 bridgehead atoms. The molecule has 3 aliphatic rings. The third-order valence-electron chi connectivity index (χ3n) is 5.70. The van der Waals surface area contributed by atoms with E-state index in [0.29, 0.717) is 0 Å². The lowest BCUT2D eigenvalue weighted by Crippen LogP contribution is -2.64. The predicted molar refractivity (Wildman–Crippen MR) is 80.4 cm³/mol. The van der Waals surface area contributed by atoms with Gasteiger partial charge in [-0.2, -0.15) is 0 Å². The van der Waals surface area contributed by atoms with E-state index >= 15 is 0 Å². The summed E-state index contributed by atoms with van der Waals surface area (Å²) in [6.07, 6.45) is 7.20. The van der Waals surface area contributed by atoms with Gasteiger partial charge in [-0.05, 0) is 58.2 Å². The van der Waals surface area contributed by atoms with Crippen molar-refractivity contribution < 1.29 is 0 Å². The van der Waals surface area contributed by atoms with Crippen LogP contribution in [0.1, 0.15) is 46.0 Å². The van der Waals surface area contributed by atoms with Crippen LogP contribution in [0.5, 0.6) is 0 Å². The molecule has 1 saturated carbocycles. The Morgan fingerprint density at radius 3 is 2.74 bits per heavy atom. The molecule has 2 heterocycles. The van der Waals surface area contributed by atoms with Crippen LogP contribution in [0.15, 0.2) is 0 Å². The molecule has 4 unspecified atom stereocenters. The van der Waals surface area contributed by atoms with E-state index in [1.54, 1.807) is 0 Å². The van der Waals surface area contributed by atoms with Crippen LogP contribution in [0.3, 0.4) is 0 Å². The lowest BCUT2D eigenvalue weighted by atomic mass is 9.77. The van der Waals surface area contributed by atoms with Crippen LogP contribution in [0, 0.1) is 5.92 Å². The van der Waals surface area contributed by atoms with Crippen LogP contribution in [0.4, 0.5) is 0 Å². The summed E-state index contributed by atoms with van der Waals surface area (Å²) in [4.78, 5) is 5.63. The Kier molecular flexibility index (Phi) is 4.45. The summed E-state index contributed by atoms with van der Waals surface area (Å²) in [6.45, 7) is 11.0. The van der Waals surface area contributed by atoms with E-state index in [1.165, 1.54) is 58.3 Å². The topological polar surface area (TPSA) is 18.5 Å². The fourth-order valence-electron chi connectivity index (χ4n) is 4.39. The highest BCUT2D eigenvalue weighted by atomic mass is 15.3. The van der Waals surface area contributed by atoms with Gasteiger partial charge in [-0.15, -0.1) is 0 Å². The molecule has 4 atom stereocenters. The molecule has 0 aromatic heterocycles. The average molecular weight is 265 g/mol. The lowest BCUT2D eigenvalue weighted by molar-refractivity contribution is -0.0484. The maximum Gasteiger partial charge on any atom is 0.0224 e. The fraction of sp³-hybridized carbons (Fsp3) is 1.00. The summed E-state index contributed by atoms with van der Waals surface area (Å²) in [5.74, 6) is 0.914. The molecule has 2 aliphatic heterocycles. The molecule has 0 radical (unpaired) electrons. The van der Waals surface area contributed by atoms with Gasteiger partial charge < -0.3 is 5.32 Å². The minimum Gasteiger partial charge on any atom is -0.317 e. The van der Waals surface area contributed by atoms with Crippen molar-refractivity contribution in [2.45, 2.75) is 64.1 Å². The number of piperidine rings is 1. The van der Waals surface area contributed by atoms with Gasteiger partial charge >= 0.3 is 0 Å². The third kappa shape index (κ3) is 2.84. The van der Waals surface area contributed by atoms with Crippen molar-refractivity contribution in [1.82, 2.24) is 15.1 Å². The molecule has 0 aromatic rings. The van der Waals surface area contributed by atoms with Gasteiger partial charge in [0.1, 0.15) is 0 Å². The molecule has 19 heavy (non-hydrogen) atoms. The molecule has 3 fully saturated rings. The van der Waals surface area contributed by atoms with E-state index in [4.69, 9.17) is 0 Å². The van der Waals surface area contributed by atoms with E-state index < -0.39 is 0 Å². The van der Waals surface area contributed by atoms with Crippen molar-refractivity contribution >= 4 is 0 Å². The molecule has 0 amide bonds. The van der Waals surface area contributed by atoms with Gasteiger partial charge in [-0.25, -0.2) is 0 Å². The van der Waals surface area contributed by atoms with Gasteiger partial charge in [-0.1, -0.05) is 13.3 Å². The summed E-state index contributed by atoms with van der Waals surface area (Å²) in [5, 5.41) is 3.55. The highest BCUT2D eigenvalue weighted by Crippen LogP contribution is 2.36. The molecule has 2 saturated heterocycles. The quantitative estimate of drug-likeness (QED) is 0.838. The van der Waals surface area contributed by atoms with E-state index in [-0.39, 0.29) is 0 Å². The number of fused-ring (bicyclic) bond motifs is 1. The highest BCUT2D eigenvalue weighted by molar-refractivity contribution is 4.97. The zero-order valence-electron chi connectivity index (χ0n) is 12.8. The number of piperazine rings is 1. The Hall–Kier alpha value is -0.120. The van der Waals surface area contributed by atoms with Crippen LogP contribution in [-0.2, 0) is 0 Å². The van der Waals surface area contributed by atoms with Crippen molar-refractivity contribution in [1.29, 1.82) is 0 Å². The largest absolute Gasteiger partial charge is 0.317 e. The van der Waals surface area contributed by atoms with Crippen molar-refractivity contribution in [2.24, 2.45) is 5.92 Å². The maximum atomic E-state index is 3.55. The van der Waals surface area contributed by atoms with Gasteiger partial charge in [-0.3, -0.25) is 9.80 Å². The summed E-state index contributed by atoms with van der Waals surface area (Å²) in [7, 11) is 0. The molecule has 3 rings (SSSR count). The third-order valence-corrected chi connectivity index (χ3v) is 5.70. The van der Waals surface area contributed by atoms with E-state index in [0.717, 1.165) is 30.6 Å². The van der Waals surface area contributed by atoms with Crippen molar-refractivity contribution in [3.05, 3.63) is 0 Å². The second-order valence-electron chi connectivity index (χ2n) is 6.90. The Morgan fingerprint density at radius 1 is 1.11 bits per heavy atom. The lowest BCUT2D eigenvalue weighted by Gasteiger charge is -2.54. The second-order valence-corrected chi connectivity index (χ2v) is 6.90. The minimum absolute atomic E-state index is 0.767. The predicted octanol–water partition coefficient (Wildman–Crippen LogP) is 1.93. The minimum atomic E-state index is 0.767. The molecular weight excluding hydrogens is 234 g/mol. The molecule has 1 aliphatic carbocycles. The highest BCUT2D eigenvalue weighted by Gasteiger charge is 2.41. The summed E-state index contributed by atoms with van der Waals surface area (Å²) in [6, 6.07) is 2.51. The van der Waals surface area contributed by atoms with E-state index in [2.05, 4.69) is 29.0 Å². The van der Waals surface area contributed by atoms with E-state index in [1.807, 2.05) is 0 Å². The number of nitrogens with zero attached hydrogens (tertiary/aromatic N) is 2. The van der Waals surface area contributed by atoms with Crippen molar-refractivity contribution in [3.8, 4) is 0 Å². The zero-order chi connectivity index (χ0) is 13.2. The van der Waals surface area contributed by atoms with Crippen molar-refractivity contribution in [3.63, 3.8) is 0 Å². The fourth-order valence-corrected chi connectivity index (χ4v) is 4.39. The van der Waals surface area contributed by atoms with Gasteiger partial charge in [0.2, 0.25) is 0 Å². The zero-order valence-corrected chi connectivity index (χ0v) is 12.8. The smallest absolute Gasteiger partial charge is 0.0224 e. The van der Waals surface area contributed by atoms with Crippen LogP contribution in [0.2, 0.25) is 0 Å². The Balaban J connectivity index is 1.58. The Morgan fingerprint density at radius 2 is 2.00 bits per heavy atom. The Bertz CT molecular complexity index is 294. The Labute approximate surface area is 118 Å². The maximum absolute atomic E-state index is 3.55. The van der Waals surface area contributed by atoms with Gasteiger partial charge in [0.15, 0.2) is 0 Å². The molecular formula is C16H31N3. The molecule has 3 heteroatoms. The van der Waals surface area contributed by atoms with Crippen LogP contribution in [-0.4, -0.2) is 60.6 Å². The summed E-state index contributed by atoms with van der Waals surface area (Å²) < 4.78 is 0. The second kappa shape index (κ2) is 6.11. The average Bonchev–Trinajstić information content (AvgIpc) is 2.39. The number of rotatable bonds is 4. The van der Waals surface area contributed by atoms with Gasteiger partial charge in [0.25, 0.3) is 0 Å². The SMILES string of the molecule is CCNCC1CCC1N1CC2CCCCN2CC1C. The van der Waals surface area contributed by atoms with Crippen LogP contribution < -0.4 is 5.32 Å². The van der Waals surface area contributed by atoms with Crippen LogP contribution >= 0.6 is 0 Å². The first-order valence-corrected chi connectivity index (χ1v) is 8.50. The number of nitrogens with one attached hydrogen (secondary N) is 1. The van der Waals surface area contributed by atoms with Crippen molar-refractivity contribution in [2.75, 3.05) is 32.7 Å².